The number of nitrogens with one attached hydrogen (secondary N) is 1. The largest absolute Gasteiger partial charge is 0.487 e. The second kappa shape index (κ2) is 7.98. The van der Waals surface area contributed by atoms with Crippen molar-refractivity contribution in [3.8, 4) is 5.75 Å². The molecule has 7 nitrogen and oxygen atoms in total. The Kier molecular flexibility index (Phi) is 5.96. The predicted molar refractivity (Wildman–Crippen MR) is 84.6 cm³/mol. The molecule has 0 fully saturated rings. The number of halogens is 3. The summed E-state index contributed by atoms with van der Waals surface area (Å²) in [6.45, 7) is 1.51. The number of hydrogen-bond donors (Lipinski definition) is 1. The van der Waals surface area contributed by atoms with E-state index in [1.165, 1.54) is 20.0 Å². The Labute approximate surface area is 147 Å². The van der Waals surface area contributed by atoms with Crippen molar-refractivity contribution in [2.45, 2.75) is 32.7 Å². The highest BCUT2D eigenvalue weighted by Gasteiger charge is 2.29. The molecule has 0 aliphatic rings. The Morgan fingerprint density at radius 2 is 1.92 bits per heavy atom. The third-order valence-corrected chi connectivity index (χ3v) is 3.44. The molecule has 1 amide bonds. The first-order chi connectivity index (χ1) is 12.2. The van der Waals surface area contributed by atoms with Gasteiger partial charge in [0.25, 0.3) is 0 Å². The second-order valence-corrected chi connectivity index (χ2v) is 5.57. The van der Waals surface area contributed by atoms with Crippen LogP contribution in [0.25, 0.3) is 0 Å². The molecule has 140 valence electrons. The van der Waals surface area contributed by atoms with Crippen LogP contribution in [0.15, 0.2) is 30.5 Å². The van der Waals surface area contributed by atoms with Crippen LogP contribution in [0.2, 0.25) is 0 Å². The van der Waals surface area contributed by atoms with Crippen LogP contribution in [0.1, 0.15) is 35.9 Å². The molecule has 0 spiro atoms. The van der Waals surface area contributed by atoms with Crippen molar-refractivity contribution >= 4 is 11.7 Å². The number of aromatic nitrogens is 3. The number of ketones is 1. The minimum absolute atomic E-state index is 0.0519. The van der Waals surface area contributed by atoms with Crippen LogP contribution in [-0.4, -0.2) is 39.4 Å². The third kappa shape index (κ3) is 5.57. The summed E-state index contributed by atoms with van der Waals surface area (Å²) in [5.74, 6) is -0.364. The van der Waals surface area contributed by atoms with Gasteiger partial charge in [-0.15, -0.1) is 5.10 Å². The fraction of sp³-hybridized carbons (Fsp3) is 0.375. The van der Waals surface area contributed by atoms with E-state index in [4.69, 9.17) is 4.74 Å². The van der Waals surface area contributed by atoms with E-state index in [-0.39, 0.29) is 12.4 Å². The number of benzene rings is 1. The summed E-state index contributed by atoms with van der Waals surface area (Å²) >= 11 is 0. The zero-order chi connectivity index (χ0) is 19.3. The van der Waals surface area contributed by atoms with E-state index < -0.39 is 24.7 Å². The maximum Gasteiger partial charge on any atom is 0.405 e. The van der Waals surface area contributed by atoms with E-state index in [0.29, 0.717) is 17.0 Å². The van der Waals surface area contributed by atoms with Crippen molar-refractivity contribution in [3.05, 3.63) is 41.7 Å². The molecule has 1 N–H and O–H groups in total. The Morgan fingerprint density at radius 1 is 1.27 bits per heavy atom. The molecule has 1 atom stereocenters. The van der Waals surface area contributed by atoms with Crippen molar-refractivity contribution in [2.24, 2.45) is 0 Å². The number of carbonyl (C=O) groups excluding carboxylic acids is 2. The van der Waals surface area contributed by atoms with Gasteiger partial charge in [0.1, 0.15) is 30.6 Å². The molecule has 0 aliphatic heterocycles. The van der Waals surface area contributed by atoms with Gasteiger partial charge in [-0.05, 0) is 38.1 Å². The van der Waals surface area contributed by atoms with Crippen molar-refractivity contribution in [3.63, 3.8) is 0 Å². The first-order valence-electron chi connectivity index (χ1n) is 7.64. The normalized spacial score (nSPS) is 12.5. The van der Waals surface area contributed by atoms with E-state index in [0.717, 1.165) is 4.68 Å². The molecule has 2 aromatic rings. The lowest BCUT2D eigenvalue weighted by Crippen LogP contribution is -2.37. The molecular weight excluding hydrogens is 353 g/mol. The van der Waals surface area contributed by atoms with Crippen molar-refractivity contribution in [1.82, 2.24) is 20.3 Å². The number of nitrogens with zero attached hydrogens (tertiary/aromatic N) is 3. The van der Waals surface area contributed by atoms with Crippen molar-refractivity contribution < 1.29 is 27.5 Å². The third-order valence-electron chi connectivity index (χ3n) is 3.44. The predicted octanol–water partition coefficient (Wildman–Crippen LogP) is 2.30. The Balaban J connectivity index is 1.90. The maximum absolute atomic E-state index is 12.1. The molecule has 1 aromatic carbocycles. The topological polar surface area (TPSA) is 86.1 Å². The Morgan fingerprint density at radius 3 is 2.50 bits per heavy atom. The van der Waals surface area contributed by atoms with Crippen LogP contribution in [0.5, 0.6) is 5.75 Å². The SMILES string of the molecule is CC(=O)c1ccc(OCc2cn(C(C)C(=O)NCC(F)(F)F)nn2)cc1. The van der Waals surface area contributed by atoms with Gasteiger partial charge in [-0.1, -0.05) is 5.21 Å². The average Bonchev–Trinajstić information content (AvgIpc) is 3.05. The van der Waals surface area contributed by atoms with Crippen LogP contribution in [-0.2, 0) is 11.4 Å². The maximum atomic E-state index is 12.1. The molecule has 1 unspecified atom stereocenters. The van der Waals surface area contributed by atoms with E-state index >= 15 is 0 Å². The zero-order valence-electron chi connectivity index (χ0n) is 14.1. The monoisotopic (exact) mass is 370 g/mol. The van der Waals surface area contributed by atoms with Gasteiger partial charge in [-0.3, -0.25) is 9.59 Å². The zero-order valence-corrected chi connectivity index (χ0v) is 14.1. The lowest BCUT2D eigenvalue weighted by atomic mass is 10.1. The molecule has 0 saturated carbocycles. The van der Waals surface area contributed by atoms with Crippen molar-refractivity contribution in [1.29, 1.82) is 0 Å². The molecule has 0 aliphatic carbocycles. The Bertz CT molecular complexity index is 772. The quantitative estimate of drug-likeness (QED) is 0.756. The molecule has 26 heavy (non-hydrogen) atoms. The first-order valence-corrected chi connectivity index (χ1v) is 7.64. The highest BCUT2D eigenvalue weighted by Crippen LogP contribution is 2.15. The highest BCUT2D eigenvalue weighted by molar-refractivity contribution is 5.94. The average molecular weight is 370 g/mol. The van der Waals surface area contributed by atoms with Gasteiger partial charge in [0.05, 0.1) is 6.20 Å². The van der Waals surface area contributed by atoms with Crippen LogP contribution in [0, 0.1) is 0 Å². The number of rotatable bonds is 7. The highest BCUT2D eigenvalue weighted by atomic mass is 19.4. The minimum atomic E-state index is -4.48. The van der Waals surface area contributed by atoms with Gasteiger partial charge < -0.3 is 10.1 Å². The number of hydrogen-bond acceptors (Lipinski definition) is 5. The number of amides is 1. The molecule has 0 saturated heterocycles. The van der Waals surface area contributed by atoms with Gasteiger partial charge in [-0.25, -0.2) is 4.68 Å². The van der Waals surface area contributed by atoms with Gasteiger partial charge in [0.15, 0.2) is 5.78 Å². The summed E-state index contributed by atoms with van der Waals surface area (Å²) in [6.07, 6.45) is -3.06. The number of Topliss-reactive ketones (excluding diaryl/α,β-unsaturated/α-hetero) is 1. The van der Waals surface area contributed by atoms with E-state index in [1.807, 2.05) is 0 Å². The van der Waals surface area contributed by atoms with Crippen LogP contribution < -0.4 is 10.1 Å². The molecule has 0 radical (unpaired) electrons. The molecule has 10 heteroatoms. The fourth-order valence-corrected chi connectivity index (χ4v) is 1.97. The summed E-state index contributed by atoms with van der Waals surface area (Å²) in [7, 11) is 0. The number of alkyl halides is 3. The van der Waals surface area contributed by atoms with Crippen LogP contribution in [0.3, 0.4) is 0 Å². The standard InChI is InChI=1S/C16H17F3N4O3/c1-10(15(25)20-9-16(17,18)19)23-7-13(21-22-23)8-26-14-5-3-12(4-6-14)11(2)24/h3-7,10H,8-9H2,1-2H3,(H,20,25). The van der Waals surface area contributed by atoms with Gasteiger partial charge in [0, 0.05) is 5.56 Å². The molecule has 1 heterocycles. The lowest BCUT2D eigenvalue weighted by Gasteiger charge is -2.13. The van der Waals surface area contributed by atoms with Gasteiger partial charge >= 0.3 is 6.18 Å². The molecule has 1 aromatic heterocycles. The summed E-state index contributed by atoms with van der Waals surface area (Å²) in [5.41, 5.74) is 0.957. The van der Waals surface area contributed by atoms with Crippen molar-refractivity contribution in [2.75, 3.05) is 6.54 Å². The fourth-order valence-electron chi connectivity index (χ4n) is 1.97. The summed E-state index contributed by atoms with van der Waals surface area (Å²) in [4.78, 5) is 22.9. The molecule has 0 bridgehead atoms. The van der Waals surface area contributed by atoms with Crippen LogP contribution >= 0.6 is 0 Å². The molecular formula is C16H17F3N4O3. The summed E-state index contributed by atoms with van der Waals surface area (Å²) in [5, 5.41) is 9.34. The van der Waals surface area contributed by atoms with E-state index in [2.05, 4.69) is 10.3 Å². The number of ether oxygens (including phenoxy) is 1. The summed E-state index contributed by atoms with van der Waals surface area (Å²) in [6, 6.07) is 5.57. The van der Waals surface area contributed by atoms with Crippen LogP contribution in [0.4, 0.5) is 13.2 Å². The first kappa shape index (κ1) is 19.4. The van der Waals surface area contributed by atoms with Gasteiger partial charge in [0.2, 0.25) is 5.91 Å². The lowest BCUT2D eigenvalue weighted by molar-refractivity contribution is -0.140. The van der Waals surface area contributed by atoms with Gasteiger partial charge in [-0.2, -0.15) is 13.2 Å². The number of carbonyl (C=O) groups is 2. The minimum Gasteiger partial charge on any atom is -0.487 e. The van der Waals surface area contributed by atoms with E-state index in [1.54, 1.807) is 29.6 Å². The van der Waals surface area contributed by atoms with E-state index in [9.17, 15) is 22.8 Å². The molecule has 2 rings (SSSR count). The Hall–Kier alpha value is -2.91. The smallest absolute Gasteiger partial charge is 0.405 e. The summed E-state index contributed by atoms with van der Waals surface area (Å²) < 4.78 is 43.0. The second-order valence-electron chi connectivity index (χ2n) is 5.57.